The molecular weight excluding hydrogens is 164 g/mol. The minimum atomic E-state index is -0.686. The van der Waals surface area contributed by atoms with Crippen molar-refractivity contribution in [3.63, 3.8) is 0 Å². The summed E-state index contributed by atoms with van der Waals surface area (Å²) in [7, 11) is 0. The molecule has 0 fully saturated rings. The highest BCUT2D eigenvalue weighted by Crippen LogP contribution is 2.30. The molecule has 11 heavy (non-hydrogen) atoms. The highest BCUT2D eigenvalue weighted by atomic mass is 32.1. The van der Waals surface area contributed by atoms with Crippen molar-refractivity contribution in [2.75, 3.05) is 0 Å². The van der Waals surface area contributed by atoms with Gasteiger partial charge in [-0.2, -0.15) is 0 Å². The molecule has 6 heteroatoms. The van der Waals surface area contributed by atoms with E-state index in [9.17, 15) is 4.91 Å². The lowest BCUT2D eigenvalue weighted by atomic mass is 10.3. The average molecular weight is 169 g/mol. The average Bonchev–Trinajstić information content (AvgIpc) is 2.45. The molecule has 0 radical (unpaired) electrons. The Morgan fingerprint density at radius 2 is 2.55 bits per heavy atom. The zero-order chi connectivity index (χ0) is 7.84. The Balaban J connectivity index is 2.57. The minimum absolute atomic E-state index is 0.563. The van der Waals surface area contributed by atoms with Crippen molar-refractivity contribution in [2.45, 2.75) is 6.17 Å². The Hall–Kier alpha value is -1.14. The van der Waals surface area contributed by atoms with Crippen molar-refractivity contribution in [1.29, 1.82) is 0 Å². The van der Waals surface area contributed by atoms with Crippen molar-refractivity contribution < 1.29 is 4.76 Å². The van der Waals surface area contributed by atoms with Crippen LogP contribution in [0.2, 0.25) is 0 Å². The number of aromatic nitrogens is 1. The molecule has 0 aromatic carbocycles. The van der Waals surface area contributed by atoms with Crippen molar-refractivity contribution in [3.05, 3.63) is 16.1 Å². The lowest BCUT2D eigenvalue weighted by Gasteiger charge is -2.02. The van der Waals surface area contributed by atoms with Gasteiger partial charge in [0.1, 0.15) is 0 Å². The summed E-state index contributed by atoms with van der Waals surface area (Å²) >= 11 is 1.38. The van der Waals surface area contributed by atoms with Crippen LogP contribution in [0.25, 0.3) is 0 Å². The van der Waals surface area contributed by atoms with Gasteiger partial charge in [-0.15, -0.1) is 0 Å². The van der Waals surface area contributed by atoms with Gasteiger partial charge in [-0.05, 0) is 9.75 Å². The number of thiazole rings is 1. The zero-order valence-electron chi connectivity index (χ0n) is 5.47. The minimum Gasteiger partial charge on any atom is -0.284 e. The molecule has 1 aliphatic rings. The molecule has 5 nitrogen and oxygen atoms in total. The van der Waals surface area contributed by atoms with Crippen LogP contribution in [0.4, 0.5) is 5.00 Å². The van der Waals surface area contributed by atoms with E-state index in [1.807, 2.05) is 0 Å². The molecule has 1 aromatic heterocycles. The molecule has 1 atom stereocenters. The van der Waals surface area contributed by atoms with Crippen molar-refractivity contribution in [2.24, 2.45) is 10.7 Å². The van der Waals surface area contributed by atoms with Gasteiger partial charge >= 0.3 is 6.34 Å². The Labute approximate surface area is 66.2 Å². The number of hydrogen-bond donors (Lipinski definition) is 1. The third-order valence-corrected chi connectivity index (χ3v) is 2.17. The highest BCUT2D eigenvalue weighted by molar-refractivity contribution is 7.13. The van der Waals surface area contributed by atoms with E-state index in [1.54, 1.807) is 5.51 Å². The third-order valence-electron chi connectivity index (χ3n) is 1.42. The number of rotatable bonds is 0. The quantitative estimate of drug-likeness (QED) is 0.576. The summed E-state index contributed by atoms with van der Waals surface area (Å²) in [6.45, 7) is 0. The second-order valence-electron chi connectivity index (χ2n) is 2.09. The highest BCUT2D eigenvalue weighted by Gasteiger charge is 2.29. The number of hydrogen-bond acceptors (Lipinski definition) is 5. The third kappa shape index (κ3) is 0.873. The monoisotopic (exact) mass is 169 g/mol. The number of nitroso groups, excluding NO2 is 1. The van der Waals surface area contributed by atoms with Gasteiger partial charge in [0.25, 0.3) is 5.00 Å². The van der Waals surface area contributed by atoms with E-state index in [2.05, 4.69) is 9.98 Å². The summed E-state index contributed by atoms with van der Waals surface area (Å²) in [5.74, 6) is 0. The second kappa shape index (κ2) is 2.18. The summed E-state index contributed by atoms with van der Waals surface area (Å²) in [4.78, 5) is 18.6. The molecule has 56 valence electrons. The first kappa shape index (κ1) is 6.56. The summed E-state index contributed by atoms with van der Waals surface area (Å²) in [5, 5.41) is 0.726. The first-order valence-electron chi connectivity index (χ1n) is 2.97. The Morgan fingerprint density at radius 1 is 1.73 bits per heavy atom. The molecule has 0 saturated carbocycles. The number of fused-ring (bicyclic) bond motifs is 1. The largest absolute Gasteiger partial charge is 0.328 e. The van der Waals surface area contributed by atoms with E-state index >= 15 is 0 Å². The molecule has 1 unspecified atom stereocenters. The van der Waals surface area contributed by atoms with Crippen LogP contribution in [0.5, 0.6) is 0 Å². The molecule has 1 aromatic rings. The fraction of sp³-hybridized carbons (Fsp3) is 0.200. The van der Waals surface area contributed by atoms with Gasteiger partial charge in [0.2, 0.25) is 6.17 Å². The predicted octanol–water partition coefficient (Wildman–Crippen LogP) is 0.553. The SMILES string of the molecule is NC1c2ncsc2N=C[N+]1=O. The van der Waals surface area contributed by atoms with Crippen LogP contribution in [-0.4, -0.2) is 16.1 Å². The summed E-state index contributed by atoms with van der Waals surface area (Å²) in [5.41, 5.74) is 7.69. The van der Waals surface area contributed by atoms with E-state index in [0.717, 1.165) is 5.00 Å². The van der Waals surface area contributed by atoms with Crippen molar-refractivity contribution in [1.82, 2.24) is 4.98 Å². The van der Waals surface area contributed by atoms with Gasteiger partial charge in [-0.25, -0.2) is 4.98 Å². The van der Waals surface area contributed by atoms with Crippen LogP contribution < -0.4 is 5.73 Å². The van der Waals surface area contributed by atoms with E-state index in [-0.39, 0.29) is 0 Å². The zero-order valence-corrected chi connectivity index (χ0v) is 6.28. The van der Waals surface area contributed by atoms with Crippen LogP contribution >= 0.6 is 11.3 Å². The summed E-state index contributed by atoms with van der Waals surface area (Å²) in [6.07, 6.45) is 0.485. The van der Waals surface area contributed by atoms with E-state index in [4.69, 9.17) is 5.73 Å². The summed E-state index contributed by atoms with van der Waals surface area (Å²) < 4.78 is 0.585. The maximum absolute atomic E-state index is 10.9. The lowest BCUT2D eigenvalue weighted by Crippen LogP contribution is -2.25. The van der Waals surface area contributed by atoms with Crippen LogP contribution in [-0.2, 0) is 0 Å². The van der Waals surface area contributed by atoms with Crippen LogP contribution in [0.1, 0.15) is 11.9 Å². The molecule has 1 aliphatic heterocycles. The Morgan fingerprint density at radius 3 is 3.36 bits per heavy atom. The first-order chi connectivity index (χ1) is 5.29. The van der Waals surface area contributed by atoms with Crippen molar-refractivity contribution >= 4 is 22.7 Å². The molecule has 2 rings (SSSR count). The van der Waals surface area contributed by atoms with Gasteiger partial charge < -0.3 is 0 Å². The first-order valence-corrected chi connectivity index (χ1v) is 3.85. The van der Waals surface area contributed by atoms with Crippen LogP contribution in [0.15, 0.2) is 10.5 Å². The van der Waals surface area contributed by atoms with Crippen LogP contribution in [0, 0.1) is 4.91 Å². The molecular formula is C5H5N4OS+. The normalized spacial score (nSPS) is 21.9. The molecule has 0 amide bonds. The van der Waals surface area contributed by atoms with Gasteiger partial charge in [-0.3, -0.25) is 5.73 Å². The maximum atomic E-state index is 10.9. The van der Waals surface area contributed by atoms with Crippen molar-refractivity contribution in [3.8, 4) is 0 Å². The standard InChI is InChI=1S/C5H5N4OS/c6-4-3-5(11-2-8-3)7-1-9(4)10/h1-2,4H,6H2/q+1. The Kier molecular flexibility index (Phi) is 1.30. The van der Waals surface area contributed by atoms with Crippen LogP contribution in [0.3, 0.4) is 0 Å². The summed E-state index contributed by atoms with van der Waals surface area (Å²) in [6, 6.07) is 0. The number of aliphatic imine (C=N–C) groups is 1. The molecule has 0 bridgehead atoms. The molecule has 0 saturated heterocycles. The second-order valence-corrected chi connectivity index (χ2v) is 2.93. The molecule has 0 aliphatic carbocycles. The van der Waals surface area contributed by atoms with E-state index < -0.39 is 6.17 Å². The predicted molar refractivity (Wildman–Crippen MR) is 40.8 cm³/mol. The lowest BCUT2D eigenvalue weighted by molar-refractivity contribution is -0.475. The van der Waals surface area contributed by atoms with Gasteiger partial charge in [0, 0.05) is 0 Å². The smallest absolute Gasteiger partial charge is 0.284 e. The van der Waals surface area contributed by atoms with E-state index in [1.165, 1.54) is 17.7 Å². The topological polar surface area (TPSA) is 71.3 Å². The van der Waals surface area contributed by atoms with Gasteiger partial charge in [-0.1, -0.05) is 16.2 Å². The Bertz CT molecular complexity index is 331. The molecule has 2 N–H and O–H groups in total. The fourth-order valence-electron chi connectivity index (χ4n) is 0.850. The molecule has 2 heterocycles. The van der Waals surface area contributed by atoms with Gasteiger partial charge in [0.15, 0.2) is 5.69 Å². The number of nitrogens with two attached hydrogens (primary N) is 1. The molecule has 0 spiro atoms. The van der Waals surface area contributed by atoms with E-state index in [0.29, 0.717) is 10.5 Å². The fourth-order valence-corrected chi connectivity index (χ4v) is 1.52. The number of nitrogens with zero attached hydrogens (tertiary/aromatic N) is 3. The van der Waals surface area contributed by atoms with Gasteiger partial charge in [0.05, 0.1) is 5.51 Å². The maximum Gasteiger partial charge on any atom is 0.328 e.